The minimum absolute atomic E-state index is 0.495. The van der Waals surface area contributed by atoms with Gasteiger partial charge in [-0.25, -0.2) is 5.32 Å². The lowest BCUT2D eigenvalue weighted by molar-refractivity contribution is 0.392. The van der Waals surface area contributed by atoms with E-state index in [2.05, 4.69) is 22.8 Å². The number of aryl methyl sites for hydroxylation is 1. The molecule has 2 nitrogen and oxygen atoms in total. The molecule has 1 aliphatic heterocycles. The SMILES string of the molecule is Clc1ccc(CCC2CNCC[N]2)cc1. The van der Waals surface area contributed by atoms with E-state index in [0.717, 1.165) is 37.5 Å². The Balaban J connectivity index is 1.79. The quantitative estimate of drug-likeness (QED) is 0.832. The van der Waals surface area contributed by atoms with E-state index in [0.29, 0.717) is 6.04 Å². The van der Waals surface area contributed by atoms with Gasteiger partial charge in [0.1, 0.15) is 0 Å². The van der Waals surface area contributed by atoms with Crippen LogP contribution < -0.4 is 10.6 Å². The van der Waals surface area contributed by atoms with Crippen LogP contribution in [0.15, 0.2) is 24.3 Å². The van der Waals surface area contributed by atoms with Gasteiger partial charge in [0.25, 0.3) is 0 Å². The van der Waals surface area contributed by atoms with Crippen molar-refractivity contribution in [1.29, 1.82) is 0 Å². The molecule has 1 aromatic rings. The lowest BCUT2D eigenvalue weighted by Crippen LogP contribution is -2.44. The van der Waals surface area contributed by atoms with Crippen LogP contribution in [0.2, 0.25) is 5.02 Å². The van der Waals surface area contributed by atoms with E-state index in [1.807, 2.05) is 12.1 Å². The first-order chi connectivity index (χ1) is 7.34. The second-order valence-electron chi connectivity index (χ2n) is 3.93. The first-order valence-electron chi connectivity index (χ1n) is 5.46. The van der Waals surface area contributed by atoms with Gasteiger partial charge in [-0.05, 0) is 30.5 Å². The first kappa shape index (κ1) is 10.9. The monoisotopic (exact) mass is 223 g/mol. The summed E-state index contributed by atoms with van der Waals surface area (Å²) in [6, 6.07) is 8.59. The standard InChI is InChI=1S/C12H16ClN2/c13-11-4-1-10(2-5-11)3-6-12-9-14-7-8-15-12/h1-2,4-5,12,14H,3,6-9H2. The average Bonchev–Trinajstić information content (AvgIpc) is 2.30. The Morgan fingerprint density at radius 2 is 2.13 bits per heavy atom. The Morgan fingerprint density at radius 3 is 2.80 bits per heavy atom. The second-order valence-corrected chi connectivity index (χ2v) is 4.37. The Labute approximate surface area is 96.0 Å². The third kappa shape index (κ3) is 3.49. The minimum atomic E-state index is 0.495. The number of nitrogens with zero attached hydrogens (tertiary/aromatic N) is 1. The largest absolute Gasteiger partial charge is 0.314 e. The third-order valence-corrected chi connectivity index (χ3v) is 2.99. The molecule has 0 bridgehead atoms. The molecule has 0 amide bonds. The van der Waals surface area contributed by atoms with Crippen molar-refractivity contribution in [1.82, 2.24) is 10.6 Å². The average molecular weight is 224 g/mol. The molecule has 1 atom stereocenters. The molecule has 1 saturated heterocycles. The van der Waals surface area contributed by atoms with Crippen LogP contribution in [0, 0.1) is 0 Å². The van der Waals surface area contributed by atoms with E-state index >= 15 is 0 Å². The maximum atomic E-state index is 5.83. The van der Waals surface area contributed by atoms with E-state index in [9.17, 15) is 0 Å². The van der Waals surface area contributed by atoms with Crippen LogP contribution in [-0.4, -0.2) is 25.7 Å². The second kappa shape index (κ2) is 5.50. The fourth-order valence-electron chi connectivity index (χ4n) is 1.84. The highest BCUT2D eigenvalue weighted by atomic mass is 35.5. The maximum absolute atomic E-state index is 5.83. The van der Waals surface area contributed by atoms with Crippen LogP contribution >= 0.6 is 11.6 Å². The molecule has 0 aliphatic carbocycles. The van der Waals surface area contributed by atoms with Gasteiger partial charge in [0, 0.05) is 30.7 Å². The Morgan fingerprint density at radius 1 is 1.33 bits per heavy atom. The van der Waals surface area contributed by atoms with Gasteiger partial charge in [-0.1, -0.05) is 23.7 Å². The molecule has 1 aliphatic rings. The molecule has 2 rings (SSSR count). The number of halogens is 1. The van der Waals surface area contributed by atoms with Crippen LogP contribution in [0.4, 0.5) is 0 Å². The predicted octanol–water partition coefficient (Wildman–Crippen LogP) is 1.85. The van der Waals surface area contributed by atoms with E-state index < -0.39 is 0 Å². The van der Waals surface area contributed by atoms with Crippen molar-refractivity contribution in [3.63, 3.8) is 0 Å². The van der Waals surface area contributed by atoms with Gasteiger partial charge in [-0.2, -0.15) is 0 Å². The van der Waals surface area contributed by atoms with Crippen molar-refractivity contribution in [2.45, 2.75) is 18.9 Å². The number of nitrogens with one attached hydrogen (secondary N) is 1. The van der Waals surface area contributed by atoms with Gasteiger partial charge >= 0.3 is 0 Å². The normalized spacial score (nSPS) is 21.5. The van der Waals surface area contributed by atoms with Crippen molar-refractivity contribution >= 4 is 11.6 Å². The van der Waals surface area contributed by atoms with Crippen molar-refractivity contribution in [3.05, 3.63) is 34.9 Å². The van der Waals surface area contributed by atoms with Crippen LogP contribution in [0.3, 0.4) is 0 Å². The predicted molar refractivity (Wildman–Crippen MR) is 63.4 cm³/mol. The zero-order valence-corrected chi connectivity index (χ0v) is 9.50. The highest BCUT2D eigenvalue weighted by molar-refractivity contribution is 6.30. The minimum Gasteiger partial charge on any atom is -0.314 e. The zero-order valence-electron chi connectivity index (χ0n) is 8.75. The molecule has 3 heteroatoms. The fourth-order valence-corrected chi connectivity index (χ4v) is 1.96. The highest BCUT2D eigenvalue weighted by Gasteiger charge is 2.12. The van der Waals surface area contributed by atoms with Crippen LogP contribution in [0.5, 0.6) is 0 Å². The molecular formula is C12H16ClN2. The van der Waals surface area contributed by atoms with Gasteiger partial charge in [-0.3, -0.25) is 0 Å². The van der Waals surface area contributed by atoms with Gasteiger partial charge in [0.15, 0.2) is 0 Å². The summed E-state index contributed by atoms with van der Waals surface area (Å²) >= 11 is 5.83. The molecular weight excluding hydrogens is 208 g/mol. The van der Waals surface area contributed by atoms with Gasteiger partial charge in [0.2, 0.25) is 0 Å². The Kier molecular flexibility index (Phi) is 4.01. The number of hydrogen-bond acceptors (Lipinski definition) is 1. The van der Waals surface area contributed by atoms with E-state index in [-0.39, 0.29) is 0 Å². The van der Waals surface area contributed by atoms with Crippen molar-refractivity contribution in [2.75, 3.05) is 19.6 Å². The number of hydrogen-bond donors (Lipinski definition) is 1. The van der Waals surface area contributed by atoms with Gasteiger partial charge in [-0.15, -0.1) is 0 Å². The summed E-state index contributed by atoms with van der Waals surface area (Å²) in [5.41, 5.74) is 1.35. The van der Waals surface area contributed by atoms with Crippen LogP contribution in [-0.2, 0) is 6.42 Å². The topological polar surface area (TPSA) is 26.1 Å². The zero-order chi connectivity index (χ0) is 10.5. The summed E-state index contributed by atoms with van der Waals surface area (Å²) in [5, 5.41) is 8.75. The number of benzene rings is 1. The molecule has 1 N–H and O–H groups in total. The summed E-state index contributed by atoms with van der Waals surface area (Å²) in [6.07, 6.45) is 2.22. The molecule has 1 aromatic carbocycles. The van der Waals surface area contributed by atoms with Gasteiger partial charge in [0.05, 0.1) is 0 Å². The fraction of sp³-hybridized carbons (Fsp3) is 0.500. The maximum Gasteiger partial charge on any atom is 0.0406 e. The molecule has 15 heavy (non-hydrogen) atoms. The van der Waals surface area contributed by atoms with E-state index in [4.69, 9.17) is 11.6 Å². The smallest absolute Gasteiger partial charge is 0.0406 e. The molecule has 1 heterocycles. The van der Waals surface area contributed by atoms with E-state index in [1.54, 1.807) is 0 Å². The summed E-state index contributed by atoms with van der Waals surface area (Å²) in [6.45, 7) is 3.04. The summed E-state index contributed by atoms with van der Waals surface area (Å²) in [7, 11) is 0. The number of rotatable bonds is 3. The molecule has 0 aromatic heterocycles. The molecule has 0 spiro atoms. The summed E-state index contributed by atoms with van der Waals surface area (Å²) in [5.74, 6) is 0. The van der Waals surface area contributed by atoms with Crippen molar-refractivity contribution < 1.29 is 0 Å². The first-order valence-corrected chi connectivity index (χ1v) is 5.84. The molecule has 81 valence electrons. The third-order valence-electron chi connectivity index (χ3n) is 2.74. The molecule has 0 saturated carbocycles. The Bertz CT molecular complexity index is 291. The van der Waals surface area contributed by atoms with E-state index in [1.165, 1.54) is 5.56 Å². The van der Waals surface area contributed by atoms with Crippen LogP contribution in [0.1, 0.15) is 12.0 Å². The Hall–Kier alpha value is -0.570. The number of piperazine rings is 1. The summed E-state index contributed by atoms with van der Waals surface area (Å²) < 4.78 is 0. The lowest BCUT2D eigenvalue weighted by atomic mass is 10.0. The molecule has 1 fully saturated rings. The van der Waals surface area contributed by atoms with Crippen LogP contribution in [0.25, 0.3) is 0 Å². The summed E-state index contributed by atoms with van der Waals surface area (Å²) in [4.78, 5) is 0. The van der Waals surface area contributed by atoms with Gasteiger partial charge < -0.3 is 5.32 Å². The lowest BCUT2D eigenvalue weighted by Gasteiger charge is -2.22. The highest BCUT2D eigenvalue weighted by Crippen LogP contribution is 2.12. The van der Waals surface area contributed by atoms with Crippen molar-refractivity contribution in [2.24, 2.45) is 0 Å². The molecule has 1 unspecified atom stereocenters. The van der Waals surface area contributed by atoms with Crippen molar-refractivity contribution in [3.8, 4) is 0 Å². The molecule has 1 radical (unpaired) electrons.